The van der Waals surface area contributed by atoms with E-state index in [1.807, 2.05) is 13.8 Å². The largest absolute Gasteiger partial charge is 0.478 e. The van der Waals surface area contributed by atoms with Crippen LogP contribution in [0.4, 0.5) is 5.82 Å². The van der Waals surface area contributed by atoms with Crippen molar-refractivity contribution in [3.8, 4) is 12.3 Å². The number of carbonyl (C=O) groups is 1. The fraction of sp³-hybridized carbons (Fsp3) is 0.429. The lowest BCUT2D eigenvalue weighted by Gasteiger charge is -2.10. The Morgan fingerprint density at radius 2 is 2.32 bits per heavy atom. The highest BCUT2D eigenvalue weighted by Gasteiger charge is 2.10. The van der Waals surface area contributed by atoms with E-state index in [4.69, 9.17) is 11.5 Å². The van der Waals surface area contributed by atoms with Gasteiger partial charge in [0.25, 0.3) is 0 Å². The molecule has 0 aromatic carbocycles. The summed E-state index contributed by atoms with van der Waals surface area (Å²) in [6.45, 7) is 4.68. The second-order valence-electron chi connectivity index (χ2n) is 4.31. The summed E-state index contributed by atoms with van der Waals surface area (Å²) in [5.74, 6) is 3.96. The van der Waals surface area contributed by atoms with Gasteiger partial charge in [0.1, 0.15) is 5.82 Å². The minimum absolute atomic E-state index is 0.190. The van der Waals surface area contributed by atoms with E-state index in [1.165, 1.54) is 0 Å². The number of anilines is 1. The highest BCUT2D eigenvalue weighted by Crippen LogP contribution is 2.17. The molecular weight excluding hydrogens is 260 g/mol. The molecule has 2 N–H and O–H groups in total. The van der Waals surface area contributed by atoms with Gasteiger partial charge >= 0.3 is 5.97 Å². The Labute approximate surface area is 118 Å². The zero-order valence-electron chi connectivity index (χ0n) is 11.1. The van der Waals surface area contributed by atoms with Crippen LogP contribution >= 0.6 is 11.8 Å². The SMILES string of the molecule is C#CCSCCNc1cc(C(=O)O)cc(C(C)C)n1. The van der Waals surface area contributed by atoms with Gasteiger partial charge in [-0.3, -0.25) is 0 Å². The molecule has 1 rings (SSSR count). The van der Waals surface area contributed by atoms with E-state index >= 15 is 0 Å². The molecule has 0 atom stereocenters. The second-order valence-corrected chi connectivity index (χ2v) is 5.41. The van der Waals surface area contributed by atoms with Crippen molar-refractivity contribution in [2.24, 2.45) is 0 Å². The van der Waals surface area contributed by atoms with Crippen molar-refractivity contribution in [2.45, 2.75) is 19.8 Å². The molecule has 0 unspecified atom stereocenters. The van der Waals surface area contributed by atoms with E-state index in [-0.39, 0.29) is 11.5 Å². The van der Waals surface area contributed by atoms with Crippen LogP contribution in [0.25, 0.3) is 0 Å². The van der Waals surface area contributed by atoms with Crippen LogP contribution in [0.5, 0.6) is 0 Å². The average molecular weight is 278 g/mol. The van der Waals surface area contributed by atoms with Crippen molar-refractivity contribution in [3.63, 3.8) is 0 Å². The Morgan fingerprint density at radius 1 is 1.58 bits per heavy atom. The third kappa shape index (κ3) is 5.23. The van der Waals surface area contributed by atoms with Gasteiger partial charge in [-0.1, -0.05) is 19.8 Å². The first-order valence-corrected chi connectivity index (χ1v) is 7.20. The Balaban J connectivity index is 2.71. The minimum atomic E-state index is -0.936. The van der Waals surface area contributed by atoms with E-state index in [9.17, 15) is 4.79 Å². The molecule has 0 saturated carbocycles. The predicted molar refractivity (Wildman–Crippen MR) is 79.9 cm³/mol. The summed E-state index contributed by atoms with van der Waals surface area (Å²) in [4.78, 5) is 15.5. The molecule has 5 heteroatoms. The predicted octanol–water partition coefficient (Wildman–Crippen LogP) is 2.68. The summed E-state index contributed by atoms with van der Waals surface area (Å²) < 4.78 is 0. The van der Waals surface area contributed by atoms with Crippen molar-refractivity contribution in [1.82, 2.24) is 4.98 Å². The number of rotatable bonds is 7. The summed E-state index contributed by atoms with van der Waals surface area (Å²) in [6, 6.07) is 3.17. The summed E-state index contributed by atoms with van der Waals surface area (Å²) >= 11 is 1.65. The molecule has 0 spiro atoms. The van der Waals surface area contributed by atoms with Crippen molar-refractivity contribution in [1.29, 1.82) is 0 Å². The highest BCUT2D eigenvalue weighted by molar-refractivity contribution is 7.99. The van der Waals surface area contributed by atoms with Crippen LogP contribution in [0.1, 0.15) is 35.8 Å². The molecule has 0 saturated heterocycles. The van der Waals surface area contributed by atoms with Crippen LogP contribution in [0.15, 0.2) is 12.1 Å². The second kappa shape index (κ2) is 7.70. The molecule has 0 aliphatic carbocycles. The van der Waals surface area contributed by atoms with Crippen molar-refractivity contribution < 1.29 is 9.90 Å². The quantitative estimate of drug-likeness (QED) is 0.593. The number of nitrogens with one attached hydrogen (secondary N) is 1. The van der Waals surface area contributed by atoms with Crippen molar-refractivity contribution in [3.05, 3.63) is 23.4 Å². The van der Waals surface area contributed by atoms with Crippen LogP contribution in [0.2, 0.25) is 0 Å². The standard InChI is InChI=1S/C14H18N2O2S/c1-4-6-19-7-5-15-13-9-11(14(17)18)8-12(16-13)10(2)3/h1,8-10H,5-7H2,2-3H3,(H,15,16)(H,17,18). The first-order valence-electron chi connectivity index (χ1n) is 6.05. The molecule has 4 nitrogen and oxygen atoms in total. The van der Waals surface area contributed by atoms with E-state index in [0.717, 1.165) is 11.4 Å². The molecular formula is C14H18N2O2S. The maximum absolute atomic E-state index is 11.1. The van der Waals surface area contributed by atoms with Gasteiger partial charge in [-0.2, -0.15) is 0 Å². The van der Waals surface area contributed by atoms with Crippen LogP contribution in [0, 0.1) is 12.3 Å². The van der Waals surface area contributed by atoms with Gasteiger partial charge in [0.05, 0.1) is 11.3 Å². The molecule has 0 fully saturated rings. The molecule has 1 aromatic heterocycles. The molecule has 102 valence electrons. The lowest BCUT2D eigenvalue weighted by atomic mass is 10.1. The number of hydrogen-bond acceptors (Lipinski definition) is 4. The molecule has 19 heavy (non-hydrogen) atoms. The zero-order valence-corrected chi connectivity index (χ0v) is 12.0. The first-order chi connectivity index (χ1) is 9.04. The smallest absolute Gasteiger partial charge is 0.335 e. The summed E-state index contributed by atoms with van der Waals surface area (Å²) in [5, 5.41) is 12.2. The first kappa shape index (κ1) is 15.4. The van der Waals surface area contributed by atoms with E-state index in [0.29, 0.717) is 18.1 Å². The third-order valence-electron chi connectivity index (χ3n) is 2.42. The van der Waals surface area contributed by atoms with Gasteiger partial charge in [0.15, 0.2) is 0 Å². The molecule has 0 amide bonds. The molecule has 1 aromatic rings. The number of thioether (sulfide) groups is 1. The fourth-order valence-corrected chi connectivity index (χ4v) is 1.95. The average Bonchev–Trinajstić information content (AvgIpc) is 2.38. The summed E-state index contributed by atoms with van der Waals surface area (Å²) in [6.07, 6.45) is 5.16. The Bertz CT molecular complexity index is 481. The lowest BCUT2D eigenvalue weighted by Crippen LogP contribution is -2.09. The van der Waals surface area contributed by atoms with Gasteiger partial charge in [-0.05, 0) is 18.1 Å². The maximum atomic E-state index is 11.1. The number of aromatic carboxylic acids is 1. The van der Waals surface area contributed by atoms with Crippen LogP contribution in [-0.4, -0.2) is 34.1 Å². The number of hydrogen-bond donors (Lipinski definition) is 2. The Morgan fingerprint density at radius 3 is 2.89 bits per heavy atom. The molecule has 0 aliphatic heterocycles. The van der Waals surface area contributed by atoms with E-state index in [1.54, 1.807) is 23.9 Å². The molecule has 0 bridgehead atoms. The number of terminal acetylenes is 1. The summed E-state index contributed by atoms with van der Waals surface area (Å²) in [7, 11) is 0. The zero-order chi connectivity index (χ0) is 14.3. The van der Waals surface area contributed by atoms with Crippen molar-refractivity contribution in [2.75, 3.05) is 23.4 Å². The number of nitrogens with zero attached hydrogens (tertiary/aromatic N) is 1. The molecule has 1 heterocycles. The van der Waals surface area contributed by atoms with E-state index in [2.05, 4.69) is 16.2 Å². The molecule has 0 aliphatic rings. The number of carboxylic acids is 1. The third-order valence-corrected chi connectivity index (χ3v) is 3.29. The van der Waals surface area contributed by atoms with Crippen LogP contribution in [-0.2, 0) is 0 Å². The van der Waals surface area contributed by atoms with Crippen LogP contribution in [0.3, 0.4) is 0 Å². The van der Waals surface area contributed by atoms with Gasteiger partial charge in [0.2, 0.25) is 0 Å². The van der Waals surface area contributed by atoms with Crippen molar-refractivity contribution >= 4 is 23.5 Å². The van der Waals surface area contributed by atoms with Gasteiger partial charge < -0.3 is 10.4 Å². The highest BCUT2D eigenvalue weighted by atomic mass is 32.2. The number of pyridine rings is 1. The summed E-state index contributed by atoms with van der Waals surface area (Å²) in [5.41, 5.74) is 1.04. The number of aromatic nitrogens is 1. The maximum Gasteiger partial charge on any atom is 0.335 e. The Kier molecular flexibility index (Phi) is 6.23. The lowest BCUT2D eigenvalue weighted by molar-refractivity contribution is 0.0696. The molecule has 0 radical (unpaired) electrons. The normalized spacial score (nSPS) is 10.2. The topological polar surface area (TPSA) is 62.2 Å². The Hall–Kier alpha value is -1.67. The van der Waals surface area contributed by atoms with Crippen LogP contribution < -0.4 is 5.32 Å². The van der Waals surface area contributed by atoms with E-state index < -0.39 is 5.97 Å². The van der Waals surface area contributed by atoms with Gasteiger partial charge in [-0.15, -0.1) is 18.2 Å². The monoisotopic (exact) mass is 278 g/mol. The minimum Gasteiger partial charge on any atom is -0.478 e. The van der Waals surface area contributed by atoms with Gasteiger partial charge in [0, 0.05) is 18.0 Å². The fourth-order valence-electron chi connectivity index (χ4n) is 1.44. The number of carboxylic acid groups (broad SMARTS) is 1. The van der Waals surface area contributed by atoms with Gasteiger partial charge in [-0.25, -0.2) is 9.78 Å².